The highest BCUT2D eigenvalue weighted by Crippen LogP contribution is 2.24. The van der Waals surface area contributed by atoms with E-state index in [1.807, 2.05) is 24.3 Å². The standard InChI is InChI=1S/C10H12O6S/c11-15-16-17-10-4-2-1-3-8(10)5-13-14-7-9-6-12-9/h1-4,9,11H,5-7H2. The van der Waals surface area contributed by atoms with E-state index in [2.05, 4.69) is 9.37 Å². The molecule has 1 atom stereocenters. The Morgan fingerprint density at radius 1 is 1.35 bits per heavy atom. The Kier molecular flexibility index (Phi) is 5.20. The normalized spacial score (nSPS) is 18.3. The fourth-order valence-electron chi connectivity index (χ4n) is 1.15. The summed E-state index contributed by atoms with van der Waals surface area (Å²) in [7, 11) is 0. The first-order chi connectivity index (χ1) is 8.40. The van der Waals surface area contributed by atoms with Gasteiger partial charge in [0.15, 0.2) is 0 Å². The lowest BCUT2D eigenvalue weighted by molar-refractivity contribution is -0.432. The maximum absolute atomic E-state index is 8.09. The molecule has 1 heterocycles. The third-order valence-corrected chi connectivity index (χ3v) is 2.79. The summed E-state index contributed by atoms with van der Waals surface area (Å²) in [6.45, 7) is 1.45. The topological polar surface area (TPSA) is 69.7 Å². The Labute approximate surface area is 102 Å². The first-order valence-corrected chi connectivity index (χ1v) is 5.73. The van der Waals surface area contributed by atoms with Crippen LogP contribution in [0.4, 0.5) is 0 Å². The van der Waals surface area contributed by atoms with Gasteiger partial charge in [0.05, 0.1) is 18.6 Å². The zero-order chi connectivity index (χ0) is 11.9. The molecule has 1 aromatic carbocycles. The zero-order valence-electron chi connectivity index (χ0n) is 8.90. The van der Waals surface area contributed by atoms with E-state index < -0.39 is 0 Å². The Morgan fingerprint density at radius 3 is 2.94 bits per heavy atom. The van der Waals surface area contributed by atoms with Gasteiger partial charge in [-0.3, -0.25) is 0 Å². The van der Waals surface area contributed by atoms with Crippen LogP contribution in [0, 0.1) is 0 Å². The molecule has 1 N–H and O–H groups in total. The number of hydrogen-bond donors (Lipinski definition) is 1. The summed E-state index contributed by atoms with van der Waals surface area (Å²) in [6, 6.07) is 7.38. The maximum Gasteiger partial charge on any atom is 0.111 e. The highest BCUT2D eigenvalue weighted by Gasteiger charge is 2.22. The molecule has 7 heteroatoms. The van der Waals surface area contributed by atoms with Gasteiger partial charge in [0.25, 0.3) is 0 Å². The summed E-state index contributed by atoms with van der Waals surface area (Å²) in [5.41, 5.74) is 0.867. The minimum absolute atomic E-state index is 0.172. The zero-order valence-corrected chi connectivity index (χ0v) is 9.72. The first kappa shape index (κ1) is 12.8. The molecule has 1 saturated heterocycles. The fraction of sp³-hybridized carbons (Fsp3) is 0.400. The quantitative estimate of drug-likeness (QED) is 0.252. The number of epoxide rings is 1. The smallest absolute Gasteiger partial charge is 0.111 e. The third-order valence-electron chi connectivity index (χ3n) is 2.08. The minimum atomic E-state index is 0.172. The van der Waals surface area contributed by atoms with Gasteiger partial charge < -0.3 is 4.74 Å². The van der Waals surface area contributed by atoms with E-state index >= 15 is 0 Å². The van der Waals surface area contributed by atoms with Crippen LogP contribution >= 0.6 is 12.0 Å². The van der Waals surface area contributed by atoms with Crippen molar-refractivity contribution in [1.82, 2.24) is 0 Å². The second-order valence-electron chi connectivity index (χ2n) is 3.34. The Balaban J connectivity index is 1.76. The van der Waals surface area contributed by atoms with E-state index in [4.69, 9.17) is 19.8 Å². The highest BCUT2D eigenvalue weighted by atomic mass is 32.2. The van der Waals surface area contributed by atoms with Crippen LogP contribution in [0.25, 0.3) is 0 Å². The molecule has 0 amide bonds. The summed E-state index contributed by atoms with van der Waals surface area (Å²) >= 11 is 0.891. The molecule has 1 fully saturated rings. The van der Waals surface area contributed by atoms with Crippen molar-refractivity contribution >= 4 is 12.0 Å². The van der Waals surface area contributed by atoms with Crippen molar-refractivity contribution in [2.24, 2.45) is 0 Å². The molecule has 0 saturated carbocycles. The van der Waals surface area contributed by atoms with Crippen molar-refractivity contribution in [3.8, 4) is 0 Å². The van der Waals surface area contributed by atoms with Crippen molar-refractivity contribution in [2.45, 2.75) is 17.6 Å². The lowest BCUT2D eigenvalue weighted by atomic mass is 10.2. The van der Waals surface area contributed by atoms with E-state index in [0.717, 1.165) is 29.1 Å². The molecule has 17 heavy (non-hydrogen) atoms. The van der Waals surface area contributed by atoms with Gasteiger partial charge in [-0.25, -0.2) is 15.0 Å². The van der Waals surface area contributed by atoms with Crippen LogP contribution in [-0.2, 0) is 30.5 Å². The van der Waals surface area contributed by atoms with Crippen LogP contribution < -0.4 is 0 Å². The van der Waals surface area contributed by atoms with Gasteiger partial charge in [-0.15, -0.1) is 4.33 Å². The summed E-state index contributed by atoms with van der Waals surface area (Å²) in [5, 5.41) is 11.6. The lowest BCUT2D eigenvalue weighted by Gasteiger charge is -2.06. The molecule has 0 spiro atoms. The third kappa shape index (κ3) is 4.60. The SMILES string of the molecule is OOOSc1ccccc1COOCC1CO1. The summed E-state index contributed by atoms with van der Waals surface area (Å²) < 4.78 is 9.33. The van der Waals surface area contributed by atoms with Crippen LogP contribution in [0.5, 0.6) is 0 Å². The average Bonchev–Trinajstić information content (AvgIpc) is 3.17. The second-order valence-corrected chi connectivity index (χ2v) is 4.08. The van der Waals surface area contributed by atoms with Gasteiger partial charge in [0.2, 0.25) is 0 Å². The van der Waals surface area contributed by atoms with Crippen LogP contribution in [-0.4, -0.2) is 24.6 Å². The van der Waals surface area contributed by atoms with Crippen molar-refractivity contribution in [3.63, 3.8) is 0 Å². The molecule has 0 aromatic heterocycles. The summed E-state index contributed by atoms with van der Waals surface area (Å²) in [4.78, 5) is 10.8. The van der Waals surface area contributed by atoms with E-state index in [9.17, 15) is 0 Å². The Hall–Kier alpha value is -0.670. The highest BCUT2D eigenvalue weighted by molar-refractivity contribution is 7.94. The molecule has 0 radical (unpaired) electrons. The predicted molar refractivity (Wildman–Crippen MR) is 57.6 cm³/mol. The molecular formula is C10H12O6S. The van der Waals surface area contributed by atoms with Crippen LogP contribution in [0.3, 0.4) is 0 Å². The maximum atomic E-state index is 8.09. The van der Waals surface area contributed by atoms with Crippen LogP contribution in [0.15, 0.2) is 29.2 Å². The van der Waals surface area contributed by atoms with Crippen LogP contribution in [0.1, 0.15) is 5.56 Å². The van der Waals surface area contributed by atoms with E-state index in [1.165, 1.54) is 0 Å². The van der Waals surface area contributed by atoms with Crippen LogP contribution in [0.2, 0.25) is 0 Å². The molecule has 1 aliphatic heterocycles. The predicted octanol–water partition coefficient (Wildman–Crippen LogP) is 1.96. The van der Waals surface area contributed by atoms with E-state index in [1.54, 1.807) is 0 Å². The Bertz CT molecular complexity index is 343. The number of rotatable bonds is 8. The molecule has 94 valence electrons. The van der Waals surface area contributed by atoms with E-state index in [0.29, 0.717) is 6.61 Å². The first-order valence-electron chi connectivity index (χ1n) is 4.99. The van der Waals surface area contributed by atoms with Crippen molar-refractivity contribution in [3.05, 3.63) is 29.8 Å². The summed E-state index contributed by atoms with van der Waals surface area (Å²) in [5.74, 6) is 0. The van der Waals surface area contributed by atoms with Crippen molar-refractivity contribution in [2.75, 3.05) is 13.2 Å². The van der Waals surface area contributed by atoms with Gasteiger partial charge in [0.1, 0.15) is 19.3 Å². The monoisotopic (exact) mass is 260 g/mol. The Morgan fingerprint density at radius 2 is 2.18 bits per heavy atom. The number of benzene rings is 1. The van der Waals surface area contributed by atoms with Crippen molar-refractivity contribution < 1.29 is 29.1 Å². The number of hydrogen-bond acceptors (Lipinski definition) is 7. The van der Waals surface area contributed by atoms with Gasteiger partial charge in [-0.05, 0) is 11.6 Å². The molecule has 0 bridgehead atoms. The summed E-state index contributed by atoms with van der Waals surface area (Å²) in [6.07, 6.45) is 0.172. The molecule has 0 aliphatic carbocycles. The molecule has 1 aromatic rings. The van der Waals surface area contributed by atoms with Gasteiger partial charge >= 0.3 is 0 Å². The molecule has 1 unspecified atom stereocenters. The molecular weight excluding hydrogens is 248 g/mol. The second kappa shape index (κ2) is 6.92. The fourth-order valence-corrected chi connectivity index (χ4v) is 1.62. The van der Waals surface area contributed by atoms with Gasteiger partial charge in [-0.2, -0.15) is 0 Å². The molecule has 6 nitrogen and oxygen atoms in total. The lowest BCUT2D eigenvalue weighted by Crippen LogP contribution is -2.03. The van der Waals surface area contributed by atoms with E-state index in [-0.39, 0.29) is 12.7 Å². The number of ether oxygens (including phenoxy) is 1. The molecule has 2 rings (SSSR count). The average molecular weight is 260 g/mol. The minimum Gasteiger partial charge on any atom is -0.370 e. The molecule has 1 aliphatic rings. The van der Waals surface area contributed by atoms with Gasteiger partial charge in [-0.1, -0.05) is 23.2 Å². The van der Waals surface area contributed by atoms with Crippen molar-refractivity contribution in [1.29, 1.82) is 0 Å². The van der Waals surface area contributed by atoms with Gasteiger partial charge in [0, 0.05) is 4.90 Å². The largest absolute Gasteiger partial charge is 0.370 e.